The van der Waals surface area contributed by atoms with Crippen LogP contribution in [0, 0.1) is 11.3 Å². The van der Waals surface area contributed by atoms with Gasteiger partial charge in [-0.05, 0) is 41.9 Å². The van der Waals surface area contributed by atoms with Gasteiger partial charge in [-0.2, -0.15) is 0 Å². The standard InChI is InChI=1S/C21H35NO2/c1-6-8-9-10-15-11-17(23)20-16(21(4,5)14(3)7-2)13-19(22)24-18(20)12-15/h11-12,14,16,19,23H,6-10,13,22H2,1-5H3/t14-,16-,19+/m0/s1. The van der Waals surface area contributed by atoms with Crippen LogP contribution >= 0.6 is 0 Å². The van der Waals surface area contributed by atoms with Crippen LogP contribution in [0.4, 0.5) is 0 Å². The van der Waals surface area contributed by atoms with Crippen LogP contribution in [0.2, 0.25) is 0 Å². The Morgan fingerprint density at radius 1 is 1.29 bits per heavy atom. The highest BCUT2D eigenvalue weighted by Crippen LogP contribution is 2.53. The molecule has 0 bridgehead atoms. The molecule has 1 aromatic rings. The minimum absolute atomic E-state index is 0.0616. The van der Waals surface area contributed by atoms with Crippen molar-refractivity contribution in [2.45, 2.75) is 85.3 Å². The van der Waals surface area contributed by atoms with Gasteiger partial charge in [-0.1, -0.05) is 53.9 Å². The van der Waals surface area contributed by atoms with Gasteiger partial charge in [0.2, 0.25) is 0 Å². The van der Waals surface area contributed by atoms with Crippen LogP contribution in [-0.4, -0.2) is 11.3 Å². The zero-order valence-corrected chi connectivity index (χ0v) is 16.1. The van der Waals surface area contributed by atoms with E-state index in [1.807, 2.05) is 6.07 Å². The van der Waals surface area contributed by atoms with Crippen LogP contribution in [0.15, 0.2) is 12.1 Å². The first-order valence-corrected chi connectivity index (χ1v) is 9.59. The molecule has 3 nitrogen and oxygen atoms in total. The molecule has 3 atom stereocenters. The Hall–Kier alpha value is -1.22. The SMILES string of the molecule is CCCCCc1cc(O)c2c(c1)O[C@@H](N)C[C@@H]2C(C)(C)[C@@H](C)CC. The molecule has 2 rings (SSSR count). The smallest absolute Gasteiger partial charge is 0.148 e. The van der Waals surface area contributed by atoms with Crippen molar-refractivity contribution in [3.63, 3.8) is 0 Å². The number of hydrogen-bond acceptors (Lipinski definition) is 3. The quantitative estimate of drug-likeness (QED) is 0.661. The molecule has 0 aliphatic carbocycles. The fourth-order valence-electron chi connectivity index (χ4n) is 3.95. The molecule has 1 aliphatic rings. The Morgan fingerprint density at radius 3 is 2.62 bits per heavy atom. The second-order valence-corrected chi connectivity index (χ2v) is 8.06. The normalized spacial score (nSPS) is 21.9. The summed E-state index contributed by atoms with van der Waals surface area (Å²) in [7, 11) is 0. The molecule has 0 amide bonds. The lowest BCUT2D eigenvalue weighted by Crippen LogP contribution is -2.40. The lowest BCUT2D eigenvalue weighted by molar-refractivity contribution is 0.0878. The molecular formula is C21H35NO2. The molecule has 1 heterocycles. The van der Waals surface area contributed by atoms with Crippen molar-refractivity contribution in [1.82, 2.24) is 0 Å². The van der Waals surface area contributed by atoms with Gasteiger partial charge in [-0.25, -0.2) is 0 Å². The average molecular weight is 334 g/mol. The molecule has 0 radical (unpaired) electrons. The van der Waals surface area contributed by atoms with Gasteiger partial charge < -0.3 is 9.84 Å². The number of rotatable bonds is 7. The molecule has 3 heteroatoms. The van der Waals surface area contributed by atoms with Gasteiger partial charge in [0.05, 0.1) is 0 Å². The summed E-state index contributed by atoms with van der Waals surface area (Å²) in [6, 6.07) is 4.04. The molecule has 24 heavy (non-hydrogen) atoms. The van der Waals surface area contributed by atoms with Crippen molar-refractivity contribution < 1.29 is 9.84 Å². The molecule has 0 fully saturated rings. The second kappa shape index (κ2) is 7.77. The number of benzene rings is 1. The number of hydrogen-bond donors (Lipinski definition) is 2. The van der Waals surface area contributed by atoms with Crippen LogP contribution in [0.3, 0.4) is 0 Å². The third-order valence-corrected chi connectivity index (χ3v) is 6.12. The molecule has 1 aromatic carbocycles. The van der Waals surface area contributed by atoms with E-state index in [2.05, 4.69) is 40.7 Å². The van der Waals surface area contributed by atoms with Crippen molar-refractivity contribution >= 4 is 0 Å². The first kappa shape index (κ1) is 19.1. The minimum Gasteiger partial charge on any atom is -0.508 e. The van der Waals surface area contributed by atoms with E-state index in [1.165, 1.54) is 12.8 Å². The average Bonchev–Trinajstić information content (AvgIpc) is 2.53. The number of aryl methyl sites for hydroxylation is 1. The Balaban J connectivity index is 2.38. The summed E-state index contributed by atoms with van der Waals surface area (Å²) < 4.78 is 5.92. The Labute approximate surface area is 147 Å². The molecule has 1 aliphatic heterocycles. The van der Waals surface area contributed by atoms with Crippen LogP contribution < -0.4 is 10.5 Å². The molecule has 0 spiro atoms. The predicted molar refractivity (Wildman–Crippen MR) is 101 cm³/mol. The van der Waals surface area contributed by atoms with Gasteiger partial charge >= 0.3 is 0 Å². The van der Waals surface area contributed by atoms with Crippen LogP contribution in [-0.2, 0) is 6.42 Å². The monoisotopic (exact) mass is 333 g/mol. The fourth-order valence-corrected chi connectivity index (χ4v) is 3.95. The molecule has 0 saturated carbocycles. The number of ether oxygens (including phenoxy) is 1. The van der Waals surface area contributed by atoms with E-state index in [4.69, 9.17) is 10.5 Å². The fraction of sp³-hybridized carbons (Fsp3) is 0.714. The van der Waals surface area contributed by atoms with E-state index in [1.54, 1.807) is 0 Å². The maximum Gasteiger partial charge on any atom is 0.148 e. The number of phenolic OH excluding ortho intramolecular Hbond substituents is 1. The molecule has 136 valence electrons. The highest BCUT2D eigenvalue weighted by molar-refractivity contribution is 5.51. The van der Waals surface area contributed by atoms with Crippen molar-refractivity contribution in [1.29, 1.82) is 0 Å². The van der Waals surface area contributed by atoms with Gasteiger partial charge in [0, 0.05) is 17.9 Å². The summed E-state index contributed by atoms with van der Waals surface area (Å²) in [5, 5.41) is 10.7. The van der Waals surface area contributed by atoms with Gasteiger partial charge in [-0.3, -0.25) is 5.73 Å². The topological polar surface area (TPSA) is 55.5 Å². The molecular weight excluding hydrogens is 298 g/mol. The summed E-state index contributed by atoms with van der Waals surface area (Å²) in [6.07, 6.45) is 6.11. The summed E-state index contributed by atoms with van der Waals surface area (Å²) in [6.45, 7) is 11.3. The number of fused-ring (bicyclic) bond motifs is 1. The van der Waals surface area contributed by atoms with E-state index in [0.717, 1.165) is 42.6 Å². The van der Waals surface area contributed by atoms with Crippen LogP contribution in [0.25, 0.3) is 0 Å². The van der Waals surface area contributed by atoms with Crippen molar-refractivity contribution in [3.8, 4) is 11.5 Å². The maximum atomic E-state index is 10.7. The zero-order chi connectivity index (χ0) is 17.9. The number of phenols is 1. The van der Waals surface area contributed by atoms with Gasteiger partial charge in [0.1, 0.15) is 17.7 Å². The predicted octanol–water partition coefficient (Wildman–Crippen LogP) is 5.35. The lowest BCUT2D eigenvalue weighted by Gasteiger charge is -2.44. The Morgan fingerprint density at radius 2 is 2.00 bits per heavy atom. The first-order valence-electron chi connectivity index (χ1n) is 9.59. The number of nitrogens with two attached hydrogens (primary N) is 1. The minimum atomic E-state index is -0.295. The molecule has 0 unspecified atom stereocenters. The van der Waals surface area contributed by atoms with Gasteiger partial charge in [0.25, 0.3) is 0 Å². The third-order valence-electron chi connectivity index (χ3n) is 6.12. The Kier molecular flexibility index (Phi) is 6.19. The van der Waals surface area contributed by atoms with Crippen molar-refractivity contribution in [2.75, 3.05) is 0 Å². The van der Waals surface area contributed by atoms with Crippen molar-refractivity contribution in [3.05, 3.63) is 23.3 Å². The number of aromatic hydroxyl groups is 1. The van der Waals surface area contributed by atoms with Gasteiger partial charge in [0.15, 0.2) is 0 Å². The van der Waals surface area contributed by atoms with Crippen LogP contribution in [0.5, 0.6) is 11.5 Å². The van der Waals surface area contributed by atoms with Crippen LogP contribution in [0.1, 0.15) is 83.8 Å². The third kappa shape index (κ3) is 3.88. The maximum absolute atomic E-state index is 10.7. The molecule has 3 N–H and O–H groups in total. The largest absolute Gasteiger partial charge is 0.508 e. The highest BCUT2D eigenvalue weighted by Gasteiger charge is 2.41. The summed E-state index contributed by atoms with van der Waals surface area (Å²) >= 11 is 0. The van der Waals surface area contributed by atoms with E-state index >= 15 is 0 Å². The summed E-state index contributed by atoms with van der Waals surface area (Å²) in [5.74, 6) is 1.94. The Bertz CT molecular complexity index is 553. The van der Waals surface area contributed by atoms with E-state index in [9.17, 15) is 5.11 Å². The van der Waals surface area contributed by atoms with E-state index in [0.29, 0.717) is 11.7 Å². The molecule has 0 aromatic heterocycles. The zero-order valence-electron chi connectivity index (χ0n) is 16.1. The number of unbranched alkanes of at least 4 members (excludes halogenated alkanes) is 2. The summed E-state index contributed by atoms with van der Waals surface area (Å²) in [5.41, 5.74) is 8.36. The van der Waals surface area contributed by atoms with Crippen molar-refractivity contribution in [2.24, 2.45) is 17.1 Å². The van der Waals surface area contributed by atoms with E-state index in [-0.39, 0.29) is 17.6 Å². The summed E-state index contributed by atoms with van der Waals surface area (Å²) in [4.78, 5) is 0. The molecule has 0 saturated heterocycles. The van der Waals surface area contributed by atoms with E-state index < -0.39 is 0 Å². The second-order valence-electron chi connectivity index (χ2n) is 8.06. The first-order chi connectivity index (χ1) is 11.3. The van der Waals surface area contributed by atoms with Gasteiger partial charge in [-0.15, -0.1) is 0 Å². The lowest BCUT2D eigenvalue weighted by atomic mass is 9.64. The highest BCUT2D eigenvalue weighted by atomic mass is 16.5.